The molecular weight excluding hydrogens is 427 g/mol. The molecule has 8 heteroatoms. The van der Waals surface area contributed by atoms with Crippen LogP contribution in [0.2, 0.25) is 0 Å². The number of carbonyl (C=O) groups is 1. The van der Waals surface area contributed by atoms with Crippen LogP contribution in [0.4, 0.5) is 5.69 Å². The molecule has 0 saturated carbocycles. The van der Waals surface area contributed by atoms with Gasteiger partial charge >= 0.3 is 5.97 Å². The lowest BCUT2D eigenvalue weighted by atomic mass is 10.3. The van der Waals surface area contributed by atoms with Crippen LogP contribution in [0.3, 0.4) is 0 Å². The Balaban J connectivity index is 2.13. The first kappa shape index (κ1) is 17.4. The minimum absolute atomic E-state index is 0.0545. The average Bonchev–Trinajstić information content (AvgIpc) is 3.08. The van der Waals surface area contributed by atoms with Gasteiger partial charge in [0.05, 0.1) is 19.0 Å². The van der Waals surface area contributed by atoms with Crippen LogP contribution < -0.4 is 5.43 Å². The Hall–Kier alpha value is -1.94. The Labute approximate surface area is 152 Å². The fourth-order valence-corrected chi connectivity index (χ4v) is 2.49. The molecule has 1 N–H and O–H groups in total. The number of ether oxygens (including phenoxy) is 1. The summed E-state index contributed by atoms with van der Waals surface area (Å²) in [6, 6.07) is 11.5. The maximum absolute atomic E-state index is 11.9. The van der Waals surface area contributed by atoms with Crippen molar-refractivity contribution in [1.82, 2.24) is 5.01 Å². The van der Waals surface area contributed by atoms with E-state index in [4.69, 9.17) is 4.74 Å². The molecular formula is C15H15IN4O2S. The van der Waals surface area contributed by atoms with E-state index in [2.05, 4.69) is 38.2 Å². The number of rotatable bonds is 4. The molecule has 0 aliphatic carbocycles. The van der Waals surface area contributed by atoms with Gasteiger partial charge in [-0.05, 0) is 58.3 Å². The molecule has 0 unspecified atom stereocenters. The summed E-state index contributed by atoms with van der Waals surface area (Å²) in [4.78, 5) is 12.9. The van der Waals surface area contributed by atoms with E-state index in [9.17, 15) is 4.79 Å². The summed E-state index contributed by atoms with van der Waals surface area (Å²) in [7, 11) is 2.94. The Morgan fingerprint density at radius 3 is 2.70 bits per heavy atom. The number of hydrazone groups is 2. The second-order valence-electron chi connectivity index (χ2n) is 4.33. The van der Waals surface area contributed by atoms with Gasteiger partial charge < -0.3 is 4.74 Å². The topological polar surface area (TPSA) is 66.3 Å². The number of amidine groups is 1. The molecule has 0 atom stereocenters. The number of carbonyl (C=O) groups excluding carboxylic acids is 1. The standard InChI is InChI=1S/C15H15IN4O2S/c1-20(17-10-13-4-3-9-23-13)14(15(21)22-2)19-18-12-7-5-11(16)6-8-12/h3-10,18H,1-2H3/b17-10+,19-14-. The van der Waals surface area contributed by atoms with Crippen molar-refractivity contribution in [1.29, 1.82) is 0 Å². The largest absolute Gasteiger partial charge is 0.463 e. The molecule has 1 heterocycles. The van der Waals surface area contributed by atoms with Crippen molar-refractivity contribution >= 4 is 57.6 Å². The van der Waals surface area contributed by atoms with E-state index in [1.165, 1.54) is 12.1 Å². The lowest BCUT2D eigenvalue weighted by molar-refractivity contribution is -0.133. The lowest BCUT2D eigenvalue weighted by Gasteiger charge is -2.13. The van der Waals surface area contributed by atoms with E-state index in [0.29, 0.717) is 0 Å². The van der Waals surface area contributed by atoms with Crippen LogP contribution in [-0.4, -0.2) is 37.2 Å². The van der Waals surface area contributed by atoms with E-state index in [1.54, 1.807) is 24.6 Å². The quantitative estimate of drug-likeness (QED) is 0.260. The maximum Gasteiger partial charge on any atom is 0.377 e. The smallest absolute Gasteiger partial charge is 0.377 e. The number of halogens is 1. The number of nitrogens with zero attached hydrogens (tertiary/aromatic N) is 3. The molecule has 1 aromatic heterocycles. The van der Waals surface area contributed by atoms with E-state index < -0.39 is 5.97 Å². The van der Waals surface area contributed by atoms with Crippen LogP contribution in [-0.2, 0) is 9.53 Å². The minimum atomic E-state index is -0.575. The molecule has 1 aromatic carbocycles. The predicted octanol–water partition coefficient (Wildman–Crippen LogP) is 3.22. The molecule has 0 saturated heterocycles. The number of benzene rings is 1. The van der Waals surface area contributed by atoms with Crippen LogP contribution in [0.25, 0.3) is 0 Å². The molecule has 0 radical (unpaired) electrons. The zero-order valence-corrected chi connectivity index (χ0v) is 15.5. The molecule has 2 aromatic rings. The molecule has 2 rings (SSSR count). The summed E-state index contributed by atoms with van der Waals surface area (Å²) in [6.07, 6.45) is 1.66. The second kappa shape index (κ2) is 8.63. The molecule has 0 bridgehead atoms. The first-order valence-corrected chi connectivity index (χ1v) is 8.55. The van der Waals surface area contributed by atoms with Crippen LogP contribution >= 0.6 is 33.9 Å². The van der Waals surface area contributed by atoms with Crippen molar-refractivity contribution in [3.8, 4) is 0 Å². The molecule has 120 valence electrons. The zero-order chi connectivity index (χ0) is 16.7. The fourth-order valence-electron chi connectivity index (χ4n) is 1.55. The van der Waals surface area contributed by atoms with E-state index >= 15 is 0 Å². The van der Waals surface area contributed by atoms with Gasteiger partial charge in [-0.1, -0.05) is 6.07 Å². The number of thiophene rings is 1. The molecule has 6 nitrogen and oxygen atoms in total. The Kier molecular flexibility index (Phi) is 6.53. The van der Waals surface area contributed by atoms with Crippen LogP contribution in [0.5, 0.6) is 0 Å². The third-order valence-electron chi connectivity index (χ3n) is 2.71. The number of methoxy groups -OCH3 is 1. The Bertz CT molecular complexity index is 699. The normalized spacial score (nSPS) is 11.5. The Morgan fingerprint density at radius 2 is 2.09 bits per heavy atom. The van der Waals surface area contributed by atoms with E-state index in [-0.39, 0.29) is 5.84 Å². The second-order valence-corrected chi connectivity index (χ2v) is 6.55. The van der Waals surface area contributed by atoms with Crippen molar-refractivity contribution in [3.63, 3.8) is 0 Å². The summed E-state index contributed by atoms with van der Waals surface area (Å²) in [5.41, 5.74) is 3.60. The van der Waals surface area contributed by atoms with E-state index in [0.717, 1.165) is 14.1 Å². The highest BCUT2D eigenvalue weighted by Crippen LogP contribution is 2.11. The van der Waals surface area contributed by atoms with Gasteiger partial charge in [0.2, 0.25) is 0 Å². The SMILES string of the molecule is COC(=O)/C(=N/Nc1ccc(I)cc1)N(C)/N=C/c1cccs1. The molecule has 0 amide bonds. The maximum atomic E-state index is 11.9. The van der Waals surface area contributed by atoms with Gasteiger partial charge in [-0.15, -0.1) is 16.4 Å². The number of hydrogen-bond acceptors (Lipinski definition) is 6. The van der Waals surface area contributed by atoms with Crippen molar-refractivity contribution in [2.24, 2.45) is 10.2 Å². The number of anilines is 1. The minimum Gasteiger partial charge on any atom is -0.463 e. The van der Waals surface area contributed by atoms with Crippen molar-refractivity contribution in [2.45, 2.75) is 0 Å². The molecule has 0 aliphatic heterocycles. The first-order chi connectivity index (χ1) is 11.1. The van der Waals surface area contributed by atoms with Crippen LogP contribution in [0.15, 0.2) is 52.0 Å². The van der Waals surface area contributed by atoms with Gasteiger partial charge in [0, 0.05) is 15.5 Å². The lowest BCUT2D eigenvalue weighted by Crippen LogP contribution is -2.31. The summed E-state index contributed by atoms with van der Waals surface area (Å²) in [6.45, 7) is 0. The number of esters is 1. The highest BCUT2D eigenvalue weighted by atomic mass is 127. The van der Waals surface area contributed by atoms with Gasteiger partial charge in [0.25, 0.3) is 5.84 Å². The summed E-state index contributed by atoms with van der Waals surface area (Å²) in [5.74, 6) is -0.521. The summed E-state index contributed by atoms with van der Waals surface area (Å²) < 4.78 is 5.87. The van der Waals surface area contributed by atoms with Gasteiger partial charge in [0.15, 0.2) is 0 Å². The first-order valence-electron chi connectivity index (χ1n) is 6.59. The fraction of sp³-hybridized carbons (Fsp3) is 0.133. The van der Waals surface area contributed by atoms with E-state index in [1.807, 2.05) is 41.8 Å². The molecule has 0 spiro atoms. The average molecular weight is 442 g/mol. The highest BCUT2D eigenvalue weighted by molar-refractivity contribution is 14.1. The highest BCUT2D eigenvalue weighted by Gasteiger charge is 2.16. The number of likely N-dealkylation sites (N-methyl/N-ethyl adjacent to an activating group) is 1. The molecule has 0 fully saturated rings. The van der Waals surface area contributed by atoms with Gasteiger partial charge in [-0.25, -0.2) is 9.80 Å². The zero-order valence-electron chi connectivity index (χ0n) is 12.6. The summed E-state index contributed by atoms with van der Waals surface area (Å²) >= 11 is 3.77. The third kappa shape index (κ3) is 5.32. The van der Waals surface area contributed by atoms with Crippen molar-refractivity contribution in [3.05, 3.63) is 50.2 Å². The third-order valence-corrected chi connectivity index (χ3v) is 4.24. The van der Waals surface area contributed by atoms with Gasteiger partial charge in [-0.2, -0.15) is 5.10 Å². The monoisotopic (exact) mass is 442 g/mol. The van der Waals surface area contributed by atoms with Gasteiger partial charge in [-0.3, -0.25) is 5.43 Å². The van der Waals surface area contributed by atoms with Gasteiger partial charge in [0.1, 0.15) is 0 Å². The summed E-state index contributed by atoms with van der Waals surface area (Å²) in [5, 5.41) is 11.6. The predicted molar refractivity (Wildman–Crippen MR) is 102 cm³/mol. The number of nitrogens with one attached hydrogen (secondary N) is 1. The van der Waals surface area contributed by atoms with Crippen LogP contribution in [0, 0.1) is 3.57 Å². The number of hydrogen-bond donors (Lipinski definition) is 1. The van der Waals surface area contributed by atoms with Crippen LogP contribution in [0.1, 0.15) is 4.88 Å². The van der Waals surface area contributed by atoms with Crippen molar-refractivity contribution < 1.29 is 9.53 Å². The van der Waals surface area contributed by atoms with Crippen molar-refractivity contribution in [2.75, 3.05) is 19.6 Å². The molecule has 23 heavy (non-hydrogen) atoms. The Morgan fingerprint density at radius 1 is 1.35 bits per heavy atom. The molecule has 0 aliphatic rings.